The fourth-order valence-corrected chi connectivity index (χ4v) is 1.84. The lowest BCUT2D eigenvalue weighted by Gasteiger charge is -2.14. The predicted molar refractivity (Wildman–Crippen MR) is 69.0 cm³/mol. The maximum Gasteiger partial charge on any atom is 0.234 e. The van der Waals surface area contributed by atoms with Gasteiger partial charge in [0.15, 0.2) is 0 Å². The molecule has 2 rings (SSSR count). The Bertz CT molecular complexity index is 449. The first-order chi connectivity index (χ1) is 8.56. The number of nitrogens with one attached hydrogen (secondary N) is 2. The third kappa shape index (κ3) is 3.68. The van der Waals surface area contributed by atoms with Gasteiger partial charge in [0.2, 0.25) is 5.91 Å². The number of amides is 1. The lowest BCUT2D eigenvalue weighted by molar-refractivity contribution is -0.120. The van der Waals surface area contributed by atoms with Crippen LogP contribution in [-0.2, 0) is 4.79 Å². The molecular formula is C13H16ClFN2O. The molecule has 1 aliphatic rings. The van der Waals surface area contributed by atoms with Gasteiger partial charge in [0, 0.05) is 12.1 Å². The van der Waals surface area contributed by atoms with Gasteiger partial charge >= 0.3 is 0 Å². The van der Waals surface area contributed by atoms with Gasteiger partial charge in [0.25, 0.3) is 0 Å². The van der Waals surface area contributed by atoms with E-state index in [-0.39, 0.29) is 23.5 Å². The van der Waals surface area contributed by atoms with E-state index in [1.54, 1.807) is 12.1 Å². The molecule has 0 bridgehead atoms. The van der Waals surface area contributed by atoms with Crippen LogP contribution in [0.25, 0.3) is 0 Å². The summed E-state index contributed by atoms with van der Waals surface area (Å²) in [6, 6.07) is 4.90. The van der Waals surface area contributed by atoms with Gasteiger partial charge in [-0.3, -0.25) is 4.79 Å². The van der Waals surface area contributed by atoms with E-state index in [0.29, 0.717) is 6.04 Å². The molecule has 3 nitrogen and oxygen atoms in total. The highest BCUT2D eigenvalue weighted by atomic mass is 35.5. The van der Waals surface area contributed by atoms with Gasteiger partial charge in [-0.25, -0.2) is 4.39 Å². The van der Waals surface area contributed by atoms with Crippen molar-refractivity contribution < 1.29 is 9.18 Å². The van der Waals surface area contributed by atoms with E-state index in [1.807, 2.05) is 6.92 Å². The lowest BCUT2D eigenvalue weighted by Crippen LogP contribution is -2.36. The van der Waals surface area contributed by atoms with Crippen LogP contribution in [0.4, 0.5) is 4.39 Å². The fourth-order valence-electron chi connectivity index (χ4n) is 1.65. The highest BCUT2D eigenvalue weighted by Crippen LogP contribution is 2.21. The molecule has 1 amide bonds. The quantitative estimate of drug-likeness (QED) is 0.863. The Labute approximate surface area is 111 Å². The van der Waals surface area contributed by atoms with E-state index in [0.717, 1.165) is 18.4 Å². The van der Waals surface area contributed by atoms with Crippen molar-refractivity contribution in [3.63, 3.8) is 0 Å². The van der Waals surface area contributed by atoms with Crippen molar-refractivity contribution >= 4 is 17.5 Å². The monoisotopic (exact) mass is 270 g/mol. The highest BCUT2D eigenvalue weighted by Gasteiger charge is 2.23. The van der Waals surface area contributed by atoms with Crippen molar-refractivity contribution in [2.45, 2.75) is 31.8 Å². The van der Waals surface area contributed by atoms with E-state index in [4.69, 9.17) is 11.6 Å². The summed E-state index contributed by atoms with van der Waals surface area (Å²) < 4.78 is 13.0. The van der Waals surface area contributed by atoms with Crippen molar-refractivity contribution in [1.82, 2.24) is 10.6 Å². The standard InChI is InChI=1S/C13H16ClFN2O/c1-8(9-2-5-12(15)11(14)6-9)16-7-13(18)17-10-3-4-10/h2,5-6,8,10,16H,3-4,7H2,1H3,(H,17,18). The van der Waals surface area contributed by atoms with E-state index >= 15 is 0 Å². The number of halogens is 2. The third-order valence-electron chi connectivity index (χ3n) is 2.95. The Morgan fingerprint density at radius 1 is 1.56 bits per heavy atom. The molecule has 1 aromatic rings. The fraction of sp³-hybridized carbons (Fsp3) is 0.462. The summed E-state index contributed by atoms with van der Waals surface area (Å²) in [6.07, 6.45) is 2.16. The molecule has 2 N–H and O–H groups in total. The molecule has 0 heterocycles. The number of benzene rings is 1. The lowest BCUT2D eigenvalue weighted by atomic mass is 10.1. The second kappa shape index (κ2) is 5.67. The molecule has 0 spiro atoms. The van der Waals surface area contributed by atoms with Crippen molar-refractivity contribution in [2.75, 3.05) is 6.54 Å². The molecule has 0 aromatic heterocycles. The molecule has 98 valence electrons. The zero-order valence-electron chi connectivity index (χ0n) is 10.2. The summed E-state index contributed by atoms with van der Waals surface area (Å²) in [6.45, 7) is 2.17. The molecular weight excluding hydrogens is 255 g/mol. The van der Waals surface area contributed by atoms with Gasteiger partial charge in [0.1, 0.15) is 5.82 Å². The van der Waals surface area contributed by atoms with Crippen LogP contribution >= 0.6 is 11.6 Å². The zero-order valence-corrected chi connectivity index (χ0v) is 10.9. The molecule has 1 atom stereocenters. The Hall–Kier alpha value is -1.13. The molecule has 1 aliphatic carbocycles. The third-order valence-corrected chi connectivity index (χ3v) is 3.24. The van der Waals surface area contributed by atoms with Crippen LogP contribution in [0.3, 0.4) is 0 Å². The van der Waals surface area contributed by atoms with Gasteiger partial charge in [-0.2, -0.15) is 0 Å². The summed E-state index contributed by atoms with van der Waals surface area (Å²) in [7, 11) is 0. The first kappa shape index (κ1) is 13.3. The average Bonchev–Trinajstić information content (AvgIpc) is 3.13. The van der Waals surface area contributed by atoms with Gasteiger partial charge < -0.3 is 10.6 Å². The Morgan fingerprint density at radius 3 is 2.89 bits per heavy atom. The number of rotatable bonds is 5. The Morgan fingerprint density at radius 2 is 2.28 bits per heavy atom. The predicted octanol–water partition coefficient (Wildman–Crippen LogP) is 2.41. The van der Waals surface area contributed by atoms with E-state index in [1.165, 1.54) is 6.07 Å². The Kier molecular flexibility index (Phi) is 4.19. The molecule has 1 aromatic carbocycles. The molecule has 5 heteroatoms. The van der Waals surface area contributed by atoms with E-state index in [9.17, 15) is 9.18 Å². The first-order valence-electron chi connectivity index (χ1n) is 6.04. The number of hydrogen-bond donors (Lipinski definition) is 2. The first-order valence-corrected chi connectivity index (χ1v) is 6.42. The smallest absolute Gasteiger partial charge is 0.234 e. The van der Waals surface area contributed by atoms with Crippen molar-refractivity contribution in [2.24, 2.45) is 0 Å². The van der Waals surface area contributed by atoms with Crippen LogP contribution in [0.5, 0.6) is 0 Å². The van der Waals surface area contributed by atoms with Crippen molar-refractivity contribution in [3.05, 3.63) is 34.6 Å². The molecule has 0 saturated heterocycles. The SMILES string of the molecule is CC(NCC(=O)NC1CC1)c1ccc(F)c(Cl)c1. The summed E-state index contributed by atoms with van der Waals surface area (Å²) >= 11 is 5.72. The second-order valence-corrected chi connectivity index (χ2v) is 5.03. The highest BCUT2D eigenvalue weighted by molar-refractivity contribution is 6.30. The van der Waals surface area contributed by atoms with Crippen LogP contribution in [0.15, 0.2) is 18.2 Å². The molecule has 18 heavy (non-hydrogen) atoms. The summed E-state index contributed by atoms with van der Waals surface area (Å²) in [4.78, 5) is 11.5. The summed E-state index contributed by atoms with van der Waals surface area (Å²) in [5, 5.41) is 6.08. The normalized spacial score (nSPS) is 16.4. The van der Waals surface area contributed by atoms with E-state index in [2.05, 4.69) is 10.6 Å². The van der Waals surface area contributed by atoms with Crippen LogP contribution in [-0.4, -0.2) is 18.5 Å². The van der Waals surface area contributed by atoms with Crippen molar-refractivity contribution in [1.29, 1.82) is 0 Å². The zero-order chi connectivity index (χ0) is 13.1. The molecule has 1 saturated carbocycles. The van der Waals surface area contributed by atoms with Crippen LogP contribution < -0.4 is 10.6 Å². The summed E-state index contributed by atoms with van der Waals surface area (Å²) in [5.74, 6) is -0.434. The molecule has 1 fully saturated rings. The van der Waals surface area contributed by atoms with E-state index < -0.39 is 5.82 Å². The number of carbonyl (C=O) groups excluding carboxylic acids is 1. The Balaban J connectivity index is 1.84. The van der Waals surface area contributed by atoms with Gasteiger partial charge in [-0.15, -0.1) is 0 Å². The molecule has 1 unspecified atom stereocenters. The molecule has 0 aliphatic heterocycles. The van der Waals surface area contributed by atoms with Crippen LogP contribution in [0.1, 0.15) is 31.4 Å². The minimum absolute atomic E-state index is 0.00226. The van der Waals surface area contributed by atoms with Gasteiger partial charge in [0.05, 0.1) is 11.6 Å². The van der Waals surface area contributed by atoms with Gasteiger partial charge in [-0.05, 0) is 37.5 Å². The number of hydrogen-bond acceptors (Lipinski definition) is 2. The topological polar surface area (TPSA) is 41.1 Å². The van der Waals surface area contributed by atoms with Crippen LogP contribution in [0.2, 0.25) is 5.02 Å². The largest absolute Gasteiger partial charge is 0.352 e. The number of carbonyl (C=O) groups is 1. The second-order valence-electron chi connectivity index (χ2n) is 4.62. The minimum Gasteiger partial charge on any atom is -0.352 e. The minimum atomic E-state index is -0.431. The van der Waals surface area contributed by atoms with Crippen molar-refractivity contribution in [3.8, 4) is 0 Å². The van der Waals surface area contributed by atoms with Gasteiger partial charge in [-0.1, -0.05) is 17.7 Å². The summed E-state index contributed by atoms with van der Waals surface area (Å²) in [5.41, 5.74) is 0.862. The maximum atomic E-state index is 13.0. The van der Waals surface area contributed by atoms with Crippen LogP contribution in [0, 0.1) is 5.82 Å². The average molecular weight is 271 g/mol. The molecule has 0 radical (unpaired) electrons. The maximum absolute atomic E-state index is 13.0.